The summed E-state index contributed by atoms with van der Waals surface area (Å²) in [6.45, 7) is 9.38. The third kappa shape index (κ3) is 5.53. The Kier molecular flexibility index (Phi) is 8.15. The predicted molar refractivity (Wildman–Crippen MR) is 119 cm³/mol. The molecule has 0 saturated carbocycles. The van der Waals surface area contributed by atoms with Crippen LogP contribution in [0.1, 0.15) is 52.9 Å². The van der Waals surface area contributed by atoms with Crippen LogP contribution in [0.4, 0.5) is 5.69 Å². The first-order chi connectivity index (χ1) is 15.0. The number of carbonyl (C=O) groups excluding carboxylic acids is 3. The van der Waals surface area contributed by atoms with Crippen LogP contribution >= 0.6 is 11.6 Å². The molecule has 0 aliphatic heterocycles. The second kappa shape index (κ2) is 10.4. The summed E-state index contributed by atoms with van der Waals surface area (Å²) in [6, 6.07) is 4.14. The van der Waals surface area contributed by atoms with E-state index >= 15 is 0 Å². The zero-order valence-electron chi connectivity index (χ0n) is 18.6. The van der Waals surface area contributed by atoms with Crippen molar-refractivity contribution in [3.05, 3.63) is 61.9 Å². The average molecular weight is 464 g/mol. The lowest BCUT2D eigenvalue weighted by atomic mass is 10.0. The van der Waals surface area contributed by atoms with E-state index in [0.29, 0.717) is 5.56 Å². The quantitative estimate of drug-likeness (QED) is 0.261. The number of rotatable bonds is 9. The molecule has 0 spiro atoms. The van der Waals surface area contributed by atoms with Gasteiger partial charge in [-0.25, -0.2) is 4.79 Å². The number of aromatic nitrogens is 1. The van der Waals surface area contributed by atoms with Crippen LogP contribution in [-0.2, 0) is 16.1 Å². The molecule has 2 rings (SSSR count). The number of nitrogens with one attached hydrogen (secondary N) is 1. The predicted octanol–water partition coefficient (Wildman–Crippen LogP) is 3.87. The summed E-state index contributed by atoms with van der Waals surface area (Å²) in [7, 11) is 0. The minimum Gasteiger partial charge on any atom is -0.456 e. The SMILES string of the molecule is CCn1c(C)cc(C(=O)COC(=O)[C@@H](NC(=O)c2ccc([N+](=O)[O-])cc2Cl)C(C)C)c1C. The first kappa shape index (κ1) is 25.1. The number of amides is 1. The van der Waals surface area contributed by atoms with Crippen LogP contribution in [0.25, 0.3) is 0 Å². The molecule has 172 valence electrons. The fourth-order valence-electron chi connectivity index (χ4n) is 3.39. The second-order valence-corrected chi connectivity index (χ2v) is 8.08. The first-order valence-corrected chi connectivity index (χ1v) is 10.5. The van der Waals surface area contributed by atoms with E-state index in [1.807, 2.05) is 25.3 Å². The van der Waals surface area contributed by atoms with Gasteiger partial charge in [0.25, 0.3) is 11.6 Å². The van der Waals surface area contributed by atoms with Gasteiger partial charge in [-0.15, -0.1) is 0 Å². The standard InChI is InChI=1S/C22H26ClN3O6/c1-6-25-13(4)9-17(14(25)5)19(27)11-32-22(29)20(12(2)3)24-21(28)16-8-7-15(26(30)31)10-18(16)23/h7-10,12,20H,6,11H2,1-5H3,(H,24,28)/t20-/m0/s1. The average Bonchev–Trinajstić information content (AvgIpc) is 3.02. The number of non-ortho nitro benzene ring substituents is 1. The highest BCUT2D eigenvalue weighted by Gasteiger charge is 2.28. The van der Waals surface area contributed by atoms with Crippen LogP contribution in [-0.4, -0.2) is 39.8 Å². The highest BCUT2D eigenvalue weighted by molar-refractivity contribution is 6.34. The largest absolute Gasteiger partial charge is 0.456 e. The molecule has 1 heterocycles. The zero-order valence-corrected chi connectivity index (χ0v) is 19.4. The number of ether oxygens (including phenoxy) is 1. The highest BCUT2D eigenvalue weighted by atomic mass is 35.5. The minimum absolute atomic E-state index is 0.0150. The van der Waals surface area contributed by atoms with Crippen molar-refractivity contribution in [1.29, 1.82) is 0 Å². The fraction of sp³-hybridized carbons (Fsp3) is 0.409. The second-order valence-electron chi connectivity index (χ2n) is 7.68. The Morgan fingerprint density at radius 2 is 1.84 bits per heavy atom. The molecule has 1 aromatic heterocycles. The first-order valence-electron chi connectivity index (χ1n) is 10.1. The molecule has 1 atom stereocenters. The molecular weight excluding hydrogens is 438 g/mol. The van der Waals surface area contributed by atoms with Crippen molar-refractivity contribution in [3.63, 3.8) is 0 Å². The fourth-order valence-corrected chi connectivity index (χ4v) is 3.65. The van der Waals surface area contributed by atoms with Gasteiger partial charge in [-0.2, -0.15) is 0 Å². The number of benzene rings is 1. The molecule has 2 aromatic rings. The lowest BCUT2D eigenvalue weighted by Crippen LogP contribution is -2.45. The molecule has 0 aliphatic rings. The van der Waals surface area contributed by atoms with Crippen molar-refractivity contribution >= 4 is 34.9 Å². The van der Waals surface area contributed by atoms with Gasteiger partial charge in [-0.1, -0.05) is 25.4 Å². The van der Waals surface area contributed by atoms with Gasteiger partial charge in [-0.3, -0.25) is 19.7 Å². The maximum absolute atomic E-state index is 12.6. The van der Waals surface area contributed by atoms with E-state index in [9.17, 15) is 24.5 Å². The van der Waals surface area contributed by atoms with Gasteiger partial charge in [0.05, 0.1) is 15.5 Å². The molecule has 0 saturated heterocycles. The zero-order chi connectivity index (χ0) is 24.2. The Morgan fingerprint density at radius 3 is 2.34 bits per heavy atom. The molecule has 10 heteroatoms. The number of halogens is 1. The number of nitro groups is 1. The van der Waals surface area contributed by atoms with Gasteiger partial charge in [0.15, 0.2) is 6.61 Å². The molecule has 0 aliphatic carbocycles. The van der Waals surface area contributed by atoms with Crippen LogP contribution in [0.3, 0.4) is 0 Å². The van der Waals surface area contributed by atoms with Crippen LogP contribution in [0.15, 0.2) is 24.3 Å². The van der Waals surface area contributed by atoms with Crippen LogP contribution < -0.4 is 5.32 Å². The molecule has 1 N–H and O–H groups in total. The summed E-state index contributed by atoms with van der Waals surface area (Å²) in [5.41, 5.74) is 1.95. The summed E-state index contributed by atoms with van der Waals surface area (Å²) in [4.78, 5) is 48.0. The Labute approximate surface area is 190 Å². The third-order valence-corrected chi connectivity index (χ3v) is 5.46. The number of Topliss-reactive ketones (excluding diaryl/α,β-unsaturated/α-hetero) is 1. The van der Waals surface area contributed by atoms with Crippen LogP contribution in [0.2, 0.25) is 5.02 Å². The number of nitrogens with zero attached hydrogens (tertiary/aromatic N) is 2. The van der Waals surface area contributed by atoms with Gasteiger partial charge in [0.2, 0.25) is 5.78 Å². The van der Waals surface area contributed by atoms with E-state index in [1.165, 1.54) is 6.07 Å². The number of esters is 1. The smallest absolute Gasteiger partial charge is 0.329 e. The van der Waals surface area contributed by atoms with Crippen molar-refractivity contribution in [2.75, 3.05) is 6.61 Å². The van der Waals surface area contributed by atoms with Crippen molar-refractivity contribution in [1.82, 2.24) is 9.88 Å². The number of hydrogen-bond donors (Lipinski definition) is 1. The summed E-state index contributed by atoms with van der Waals surface area (Å²) < 4.78 is 7.19. The van der Waals surface area contributed by atoms with Gasteiger partial charge < -0.3 is 14.6 Å². The number of ketones is 1. The Hall–Kier alpha value is -3.20. The molecule has 0 unspecified atom stereocenters. The van der Waals surface area contributed by atoms with Crippen molar-refractivity contribution in [2.24, 2.45) is 5.92 Å². The van der Waals surface area contributed by atoms with E-state index in [1.54, 1.807) is 19.9 Å². The summed E-state index contributed by atoms with van der Waals surface area (Å²) in [5.74, 6) is -2.12. The van der Waals surface area contributed by atoms with Crippen LogP contribution in [0.5, 0.6) is 0 Å². The minimum atomic E-state index is -1.04. The van der Waals surface area contributed by atoms with Gasteiger partial charge in [0.1, 0.15) is 6.04 Å². The Bertz CT molecular complexity index is 1060. The van der Waals surface area contributed by atoms with Gasteiger partial charge in [0, 0.05) is 35.6 Å². The lowest BCUT2D eigenvalue weighted by Gasteiger charge is -2.21. The van der Waals surface area contributed by atoms with Crippen molar-refractivity contribution in [3.8, 4) is 0 Å². The van der Waals surface area contributed by atoms with Crippen molar-refractivity contribution < 1.29 is 24.0 Å². The maximum Gasteiger partial charge on any atom is 0.329 e. The lowest BCUT2D eigenvalue weighted by molar-refractivity contribution is -0.384. The van der Waals surface area contributed by atoms with E-state index < -0.39 is 29.4 Å². The number of carbonyl (C=O) groups is 3. The topological polar surface area (TPSA) is 121 Å². The van der Waals surface area contributed by atoms with Gasteiger partial charge >= 0.3 is 5.97 Å². The molecule has 9 nitrogen and oxygen atoms in total. The molecule has 0 radical (unpaired) electrons. The molecule has 32 heavy (non-hydrogen) atoms. The summed E-state index contributed by atoms with van der Waals surface area (Å²) in [5, 5.41) is 13.3. The van der Waals surface area contributed by atoms with Crippen LogP contribution in [0, 0.1) is 29.9 Å². The number of nitro benzene ring substituents is 1. The number of aryl methyl sites for hydroxylation is 1. The molecular formula is C22H26ClN3O6. The number of hydrogen-bond acceptors (Lipinski definition) is 6. The van der Waals surface area contributed by atoms with Crippen molar-refractivity contribution in [2.45, 2.75) is 47.2 Å². The van der Waals surface area contributed by atoms with Gasteiger partial charge in [-0.05, 0) is 38.8 Å². The highest BCUT2D eigenvalue weighted by Crippen LogP contribution is 2.23. The molecule has 0 fully saturated rings. The maximum atomic E-state index is 12.6. The Morgan fingerprint density at radius 1 is 1.19 bits per heavy atom. The normalized spacial score (nSPS) is 11.8. The monoisotopic (exact) mass is 463 g/mol. The summed E-state index contributed by atoms with van der Waals surface area (Å²) >= 11 is 5.99. The van der Waals surface area contributed by atoms with E-state index in [-0.39, 0.29) is 28.0 Å². The Balaban J connectivity index is 2.09. The summed E-state index contributed by atoms with van der Waals surface area (Å²) in [6.07, 6.45) is 0. The van der Waals surface area contributed by atoms with E-state index in [0.717, 1.165) is 30.1 Å². The molecule has 0 bridgehead atoms. The molecule has 1 aromatic carbocycles. The van der Waals surface area contributed by atoms with E-state index in [2.05, 4.69) is 5.32 Å². The molecule has 1 amide bonds. The van der Waals surface area contributed by atoms with E-state index in [4.69, 9.17) is 16.3 Å². The third-order valence-electron chi connectivity index (χ3n) is 5.15.